The number of benzene rings is 3. The number of non-ortho nitro benzene ring substituents is 1. The molecule has 3 aromatic rings. The van der Waals surface area contributed by atoms with Gasteiger partial charge in [-0.1, -0.05) is 42.0 Å². The summed E-state index contributed by atoms with van der Waals surface area (Å²) in [7, 11) is -7.52. The number of hydrazone groups is 1. The normalized spacial score (nSPS) is 16.0. The maximum Gasteiger partial charge on any atom is 0.279 e. The van der Waals surface area contributed by atoms with Crippen molar-refractivity contribution in [2.75, 3.05) is 10.5 Å². The Morgan fingerprint density at radius 3 is 2.31 bits per heavy atom. The number of aryl methyl sites for hydroxylation is 1. The Bertz CT molecular complexity index is 1530. The van der Waals surface area contributed by atoms with Crippen molar-refractivity contribution in [2.45, 2.75) is 31.2 Å². The number of anilines is 1. The van der Waals surface area contributed by atoms with Crippen LogP contribution in [-0.2, 0) is 20.0 Å². The highest BCUT2D eigenvalue weighted by Crippen LogP contribution is 2.38. The van der Waals surface area contributed by atoms with Crippen LogP contribution in [0.5, 0.6) is 0 Å². The first-order valence-corrected chi connectivity index (χ1v) is 14.1. The zero-order chi connectivity index (χ0) is 26.1. The molecule has 1 N–H and O–H groups in total. The second-order valence-corrected chi connectivity index (χ2v) is 12.1. The largest absolute Gasteiger partial charge is 0.284 e. The van der Waals surface area contributed by atoms with Crippen LogP contribution in [0.1, 0.15) is 36.1 Å². The monoisotopic (exact) mass is 528 g/mol. The van der Waals surface area contributed by atoms with Crippen LogP contribution < -0.4 is 4.72 Å². The molecular weight excluding hydrogens is 504 g/mol. The van der Waals surface area contributed by atoms with E-state index in [4.69, 9.17) is 0 Å². The topological polar surface area (TPSA) is 139 Å². The van der Waals surface area contributed by atoms with Crippen molar-refractivity contribution in [1.82, 2.24) is 4.41 Å². The number of rotatable bonds is 8. The fourth-order valence-electron chi connectivity index (χ4n) is 3.78. The molecule has 4 rings (SSSR count). The van der Waals surface area contributed by atoms with Crippen molar-refractivity contribution in [3.63, 3.8) is 0 Å². The van der Waals surface area contributed by atoms with E-state index in [1.54, 1.807) is 42.5 Å². The predicted molar refractivity (Wildman–Crippen MR) is 137 cm³/mol. The van der Waals surface area contributed by atoms with Crippen molar-refractivity contribution in [2.24, 2.45) is 5.10 Å². The third-order valence-corrected chi connectivity index (χ3v) is 8.78. The molecule has 0 aliphatic carbocycles. The fraction of sp³-hybridized carbons (Fsp3) is 0.208. The SMILES string of the molecule is CCS(=O)(=O)Nc1ccc(C2=NN(S(=O)(=O)c3ccc(C)cc3)[C@H](c3cccc([N+](=O)[O-])c3)C2)cc1. The zero-order valence-corrected chi connectivity index (χ0v) is 21.2. The van der Waals surface area contributed by atoms with Crippen molar-refractivity contribution < 1.29 is 21.8 Å². The summed E-state index contributed by atoms with van der Waals surface area (Å²) in [5.74, 6) is -0.0712. The first-order valence-electron chi connectivity index (χ1n) is 11.0. The van der Waals surface area contributed by atoms with Gasteiger partial charge < -0.3 is 0 Å². The van der Waals surface area contributed by atoms with Crippen molar-refractivity contribution >= 4 is 37.1 Å². The van der Waals surface area contributed by atoms with Gasteiger partial charge in [-0.3, -0.25) is 14.8 Å². The van der Waals surface area contributed by atoms with Crippen LogP contribution >= 0.6 is 0 Å². The lowest BCUT2D eigenvalue weighted by molar-refractivity contribution is -0.384. The third kappa shape index (κ3) is 5.24. The number of hydrogen-bond acceptors (Lipinski definition) is 7. The summed E-state index contributed by atoms with van der Waals surface area (Å²) in [5.41, 5.74) is 2.61. The van der Waals surface area contributed by atoms with E-state index in [9.17, 15) is 26.9 Å². The van der Waals surface area contributed by atoms with E-state index in [2.05, 4.69) is 9.82 Å². The molecule has 0 saturated heterocycles. The number of hydrogen-bond donors (Lipinski definition) is 1. The number of sulfonamides is 2. The summed E-state index contributed by atoms with van der Waals surface area (Å²) >= 11 is 0. The molecule has 188 valence electrons. The smallest absolute Gasteiger partial charge is 0.279 e. The highest BCUT2D eigenvalue weighted by Gasteiger charge is 2.38. The van der Waals surface area contributed by atoms with Crippen LogP contribution in [0, 0.1) is 17.0 Å². The molecule has 0 bridgehead atoms. The minimum absolute atomic E-state index is 0.0536. The molecule has 36 heavy (non-hydrogen) atoms. The molecule has 0 amide bonds. The molecule has 0 aromatic heterocycles. The maximum absolute atomic E-state index is 13.6. The number of nitrogens with zero attached hydrogens (tertiary/aromatic N) is 3. The summed E-state index contributed by atoms with van der Waals surface area (Å²) in [6, 6.07) is 17.9. The average Bonchev–Trinajstić information content (AvgIpc) is 3.31. The van der Waals surface area contributed by atoms with Crippen LogP contribution in [0.2, 0.25) is 0 Å². The van der Waals surface area contributed by atoms with Crippen molar-refractivity contribution in [1.29, 1.82) is 0 Å². The van der Waals surface area contributed by atoms with E-state index < -0.39 is 31.0 Å². The molecule has 12 heteroatoms. The molecule has 1 aliphatic rings. The van der Waals surface area contributed by atoms with Gasteiger partial charge in [-0.15, -0.1) is 0 Å². The Hall–Kier alpha value is -3.77. The standard InChI is InChI=1S/C24H24N4O6S2/c1-3-35(31,32)26-20-11-9-18(10-12-20)23-16-24(19-5-4-6-21(15-19)28(29)30)27(25-23)36(33,34)22-13-7-17(2)8-14-22/h4-15,24,26H,3,16H2,1-2H3/t24-/m0/s1. The number of nitro groups is 1. The Morgan fingerprint density at radius 2 is 1.69 bits per heavy atom. The van der Waals surface area contributed by atoms with Gasteiger partial charge in [-0.25, -0.2) is 8.42 Å². The molecule has 3 aromatic carbocycles. The number of nitro benzene ring substituents is 1. The first kappa shape index (κ1) is 25.3. The minimum atomic E-state index is -4.08. The summed E-state index contributed by atoms with van der Waals surface area (Å²) < 4.78 is 54.3. The highest BCUT2D eigenvalue weighted by atomic mass is 32.2. The van der Waals surface area contributed by atoms with E-state index in [0.717, 1.165) is 9.98 Å². The molecule has 0 saturated carbocycles. The van der Waals surface area contributed by atoms with Gasteiger partial charge in [-0.05, 0) is 49.2 Å². The Labute approximate surface area is 209 Å². The molecule has 0 radical (unpaired) electrons. The van der Waals surface area contributed by atoms with Gasteiger partial charge in [0.25, 0.3) is 15.7 Å². The van der Waals surface area contributed by atoms with Crippen LogP contribution in [0.3, 0.4) is 0 Å². The Balaban J connectivity index is 1.74. The number of nitrogens with one attached hydrogen (secondary N) is 1. The van der Waals surface area contributed by atoms with Crippen LogP contribution in [0.4, 0.5) is 11.4 Å². The summed E-state index contributed by atoms with van der Waals surface area (Å²) in [4.78, 5) is 10.9. The Kier molecular flexibility index (Phi) is 6.83. The van der Waals surface area contributed by atoms with Crippen LogP contribution in [0.25, 0.3) is 0 Å². The first-order chi connectivity index (χ1) is 17.0. The molecule has 0 unspecified atom stereocenters. The van der Waals surface area contributed by atoms with Gasteiger partial charge in [0.15, 0.2) is 0 Å². The minimum Gasteiger partial charge on any atom is -0.284 e. The predicted octanol–water partition coefficient (Wildman–Crippen LogP) is 4.20. The van der Waals surface area contributed by atoms with Gasteiger partial charge >= 0.3 is 0 Å². The van der Waals surface area contributed by atoms with Crippen molar-refractivity contribution in [3.8, 4) is 0 Å². The van der Waals surface area contributed by atoms with Gasteiger partial charge in [0, 0.05) is 24.2 Å². The third-order valence-electron chi connectivity index (χ3n) is 5.78. The quantitative estimate of drug-likeness (QED) is 0.343. The van der Waals surface area contributed by atoms with E-state index >= 15 is 0 Å². The van der Waals surface area contributed by atoms with Gasteiger partial charge in [0.05, 0.1) is 27.3 Å². The van der Waals surface area contributed by atoms with E-state index in [1.807, 2.05) is 6.92 Å². The van der Waals surface area contributed by atoms with Gasteiger partial charge in [-0.2, -0.15) is 17.9 Å². The molecule has 0 fully saturated rings. The van der Waals surface area contributed by atoms with E-state index in [-0.39, 0.29) is 22.8 Å². The molecule has 0 spiro atoms. The molecule has 1 aliphatic heterocycles. The average molecular weight is 529 g/mol. The highest BCUT2D eigenvalue weighted by molar-refractivity contribution is 7.92. The van der Waals surface area contributed by atoms with Gasteiger partial charge in [0.2, 0.25) is 10.0 Å². The molecular formula is C24H24N4O6S2. The van der Waals surface area contributed by atoms with E-state index in [1.165, 1.54) is 37.3 Å². The van der Waals surface area contributed by atoms with Crippen molar-refractivity contribution in [3.05, 3.63) is 99.6 Å². The molecule has 1 atom stereocenters. The zero-order valence-electron chi connectivity index (χ0n) is 19.5. The lowest BCUT2D eigenvalue weighted by atomic mass is 9.99. The second kappa shape index (κ2) is 9.70. The lowest BCUT2D eigenvalue weighted by Crippen LogP contribution is -2.27. The maximum atomic E-state index is 13.6. The Morgan fingerprint density at radius 1 is 1.03 bits per heavy atom. The molecule has 1 heterocycles. The lowest BCUT2D eigenvalue weighted by Gasteiger charge is -2.23. The van der Waals surface area contributed by atoms with Crippen LogP contribution in [0.15, 0.2) is 82.8 Å². The summed E-state index contributed by atoms with van der Waals surface area (Å²) in [5, 5.41) is 15.8. The van der Waals surface area contributed by atoms with Crippen LogP contribution in [-0.4, -0.2) is 37.6 Å². The van der Waals surface area contributed by atoms with E-state index in [0.29, 0.717) is 22.5 Å². The van der Waals surface area contributed by atoms with Gasteiger partial charge in [0.1, 0.15) is 0 Å². The summed E-state index contributed by atoms with van der Waals surface area (Å²) in [6.07, 6.45) is 0.173. The molecule has 10 nitrogen and oxygen atoms in total. The fourth-order valence-corrected chi connectivity index (χ4v) is 5.85. The summed E-state index contributed by atoms with van der Waals surface area (Å²) in [6.45, 7) is 3.37. The second-order valence-electron chi connectivity index (χ2n) is 8.29.